The molecule has 1 atom stereocenters. The van der Waals surface area contributed by atoms with Crippen molar-refractivity contribution in [1.82, 2.24) is 14.4 Å². The maximum atomic E-state index is 13.4. The quantitative estimate of drug-likeness (QED) is 0.498. The number of hydrogen-bond donors (Lipinski definition) is 0. The summed E-state index contributed by atoms with van der Waals surface area (Å²) in [5.74, 6) is 0.0849. The Kier molecular flexibility index (Phi) is 9.97. The molecule has 0 N–H and O–H groups in total. The van der Waals surface area contributed by atoms with Gasteiger partial charge in [-0.15, -0.1) is 0 Å². The van der Waals surface area contributed by atoms with Gasteiger partial charge in [0, 0.05) is 38.1 Å². The van der Waals surface area contributed by atoms with Gasteiger partial charge in [0.15, 0.2) is 0 Å². The summed E-state index contributed by atoms with van der Waals surface area (Å²) in [7, 11) is 1.50. The van der Waals surface area contributed by atoms with Gasteiger partial charge in [0.05, 0.1) is 13.1 Å². The molecular formula is C26H39N3O3. The van der Waals surface area contributed by atoms with Gasteiger partial charge in [-0.25, -0.2) is 0 Å². The van der Waals surface area contributed by atoms with Crippen molar-refractivity contribution in [2.45, 2.75) is 60.2 Å². The van der Waals surface area contributed by atoms with Crippen LogP contribution in [0.25, 0.3) is 0 Å². The zero-order valence-electron chi connectivity index (χ0n) is 20.5. The van der Waals surface area contributed by atoms with E-state index in [1.54, 1.807) is 4.90 Å². The van der Waals surface area contributed by atoms with Gasteiger partial charge in [-0.05, 0) is 49.4 Å². The molecule has 0 radical (unpaired) electrons. The van der Waals surface area contributed by atoms with Crippen molar-refractivity contribution in [2.24, 2.45) is 5.92 Å². The smallest absolute Gasteiger partial charge is 0.249 e. The normalized spacial score (nSPS) is 12.1. The molecule has 1 heterocycles. The third kappa shape index (κ3) is 7.23. The van der Waals surface area contributed by atoms with Crippen molar-refractivity contribution in [3.8, 4) is 0 Å². The molecule has 0 aliphatic rings. The second kappa shape index (κ2) is 12.4. The lowest BCUT2D eigenvalue weighted by Crippen LogP contribution is -2.47. The molecule has 0 saturated heterocycles. The SMILES string of the molecule is CCC(C)N(Cc1cccn1Cc1ccccc1C)C(=O)CN(CC(C)C)C(=O)COC. The molecule has 1 aromatic heterocycles. The van der Waals surface area contributed by atoms with Crippen molar-refractivity contribution in [2.75, 3.05) is 26.8 Å². The van der Waals surface area contributed by atoms with Gasteiger partial charge in [-0.1, -0.05) is 45.0 Å². The van der Waals surface area contributed by atoms with Crippen LogP contribution >= 0.6 is 0 Å². The molecule has 6 nitrogen and oxygen atoms in total. The van der Waals surface area contributed by atoms with E-state index in [1.807, 2.05) is 30.9 Å². The predicted octanol–water partition coefficient (Wildman–Crippen LogP) is 4.10. The van der Waals surface area contributed by atoms with Crippen molar-refractivity contribution >= 4 is 11.8 Å². The van der Waals surface area contributed by atoms with E-state index in [0.717, 1.165) is 18.7 Å². The maximum absolute atomic E-state index is 13.4. The van der Waals surface area contributed by atoms with Gasteiger partial charge in [-0.3, -0.25) is 9.59 Å². The zero-order valence-corrected chi connectivity index (χ0v) is 20.5. The van der Waals surface area contributed by atoms with E-state index in [-0.39, 0.29) is 36.9 Å². The first-order valence-corrected chi connectivity index (χ1v) is 11.5. The van der Waals surface area contributed by atoms with Crippen LogP contribution in [0.1, 0.15) is 50.9 Å². The first kappa shape index (κ1) is 25.7. The Balaban J connectivity index is 2.20. The molecule has 0 fully saturated rings. The standard InChI is InChI=1S/C26H39N3O3/c1-7-22(5)29(25(30)18-28(15-20(2)3)26(31)19-32-6)17-24-13-10-14-27(24)16-23-12-9-8-11-21(23)4/h8-14,20,22H,7,15-19H2,1-6H3. The average molecular weight is 442 g/mol. The summed E-state index contributed by atoms with van der Waals surface area (Å²) in [6.07, 6.45) is 2.91. The second-order valence-electron chi connectivity index (χ2n) is 8.93. The minimum absolute atomic E-state index is 0.0113. The van der Waals surface area contributed by atoms with Gasteiger partial charge in [-0.2, -0.15) is 0 Å². The van der Waals surface area contributed by atoms with Crippen LogP contribution in [0.4, 0.5) is 0 Å². The summed E-state index contributed by atoms with van der Waals surface area (Å²) in [5, 5.41) is 0. The molecule has 6 heteroatoms. The fourth-order valence-corrected chi connectivity index (χ4v) is 3.77. The number of ether oxygens (including phenoxy) is 1. The minimum Gasteiger partial charge on any atom is -0.375 e. The Morgan fingerprint density at radius 1 is 1.06 bits per heavy atom. The zero-order chi connectivity index (χ0) is 23.7. The van der Waals surface area contributed by atoms with E-state index < -0.39 is 0 Å². The second-order valence-corrected chi connectivity index (χ2v) is 8.93. The summed E-state index contributed by atoms with van der Waals surface area (Å²) in [6, 6.07) is 12.5. The Hall–Kier alpha value is -2.60. The molecule has 2 rings (SSSR count). The molecule has 176 valence electrons. The largest absolute Gasteiger partial charge is 0.375 e. The Morgan fingerprint density at radius 2 is 1.78 bits per heavy atom. The van der Waals surface area contributed by atoms with Crippen LogP contribution in [0.3, 0.4) is 0 Å². The molecule has 0 saturated carbocycles. The fourth-order valence-electron chi connectivity index (χ4n) is 3.77. The van der Waals surface area contributed by atoms with Crippen LogP contribution < -0.4 is 0 Å². The number of nitrogens with zero attached hydrogens (tertiary/aromatic N) is 3. The van der Waals surface area contributed by atoms with Crippen molar-refractivity contribution in [1.29, 1.82) is 0 Å². The predicted molar refractivity (Wildman–Crippen MR) is 128 cm³/mol. The molecular weight excluding hydrogens is 402 g/mol. The van der Waals surface area contributed by atoms with E-state index in [9.17, 15) is 9.59 Å². The van der Waals surface area contributed by atoms with Crippen molar-refractivity contribution < 1.29 is 14.3 Å². The molecule has 0 bridgehead atoms. The van der Waals surface area contributed by atoms with Gasteiger partial charge in [0.25, 0.3) is 0 Å². The van der Waals surface area contributed by atoms with Crippen molar-refractivity contribution in [3.05, 3.63) is 59.4 Å². The monoisotopic (exact) mass is 441 g/mol. The lowest BCUT2D eigenvalue weighted by Gasteiger charge is -2.32. The molecule has 2 amide bonds. The van der Waals surface area contributed by atoms with Gasteiger partial charge < -0.3 is 19.1 Å². The van der Waals surface area contributed by atoms with Crippen LogP contribution in [0.2, 0.25) is 0 Å². The van der Waals surface area contributed by atoms with E-state index >= 15 is 0 Å². The van der Waals surface area contributed by atoms with Crippen LogP contribution in [-0.2, 0) is 27.4 Å². The number of aryl methyl sites for hydroxylation is 1. The summed E-state index contributed by atoms with van der Waals surface area (Å²) in [6.45, 7) is 12.2. The van der Waals surface area contributed by atoms with E-state index in [0.29, 0.717) is 13.1 Å². The Labute approximate surface area is 193 Å². The third-order valence-corrected chi connectivity index (χ3v) is 5.83. The summed E-state index contributed by atoms with van der Waals surface area (Å²) < 4.78 is 7.23. The fraction of sp³-hybridized carbons (Fsp3) is 0.538. The Morgan fingerprint density at radius 3 is 2.41 bits per heavy atom. The highest BCUT2D eigenvalue weighted by Gasteiger charge is 2.25. The van der Waals surface area contributed by atoms with E-state index in [4.69, 9.17) is 4.74 Å². The summed E-state index contributed by atoms with van der Waals surface area (Å²) >= 11 is 0. The number of benzene rings is 1. The first-order chi connectivity index (χ1) is 15.3. The molecule has 1 aromatic carbocycles. The number of hydrogen-bond acceptors (Lipinski definition) is 3. The van der Waals surface area contributed by atoms with Gasteiger partial charge >= 0.3 is 0 Å². The average Bonchev–Trinajstić information content (AvgIpc) is 3.19. The minimum atomic E-state index is -0.151. The number of rotatable bonds is 12. The topological polar surface area (TPSA) is 54.8 Å². The third-order valence-electron chi connectivity index (χ3n) is 5.83. The molecule has 0 aliphatic heterocycles. The molecule has 0 spiro atoms. The van der Waals surface area contributed by atoms with Crippen LogP contribution in [0, 0.1) is 12.8 Å². The lowest BCUT2D eigenvalue weighted by atomic mass is 10.1. The summed E-state index contributed by atoms with van der Waals surface area (Å²) in [4.78, 5) is 29.4. The summed E-state index contributed by atoms with van der Waals surface area (Å²) in [5.41, 5.74) is 3.60. The number of methoxy groups -OCH3 is 1. The van der Waals surface area contributed by atoms with Gasteiger partial charge in [0.1, 0.15) is 6.61 Å². The highest BCUT2D eigenvalue weighted by atomic mass is 16.5. The lowest BCUT2D eigenvalue weighted by molar-refractivity contribution is -0.144. The number of amides is 2. The van der Waals surface area contributed by atoms with E-state index in [2.05, 4.69) is 55.8 Å². The van der Waals surface area contributed by atoms with Gasteiger partial charge in [0.2, 0.25) is 11.8 Å². The van der Waals surface area contributed by atoms with Crippen LogP contribution in [-0.4, -0.2) is 59.0 Å². The van der Waals surface area contributed by atoms with Crippen molar-refractivity contribution in [3.63, 3.8) is 0 Å². The number of carbonyl (C=O) groups excluding carboxylic acids is 2. The van der Waals surface area contributed by atoms with Crippen LogP contribution in [0.15, 0.2) is 42.6 Å². The van der Waals surface area contributed by atoms with Crippen LogP contribution in [0.5, 0.6) is 0 Å². The molecule has 0 aliphatic carbocycles. The maximum Gasteiger partial charge on any atom is 0.249 e. The number of carbonyl (C=O) groups is 2. The van der Waals surface area contributed by atoms with E-state index in [1.165, 1.54) is 18.2 Å². The molecule has 1 unspecified atom stereocenters. The number of aromatic nitrogens is 1. The highest BCUT2D eigenvalue weighted by molar-refractivity contribution is 5.85. The molecule has 32 heavy (non-hydrogen) atoms. The highest BCUT2D eigenvalue weighted by Crippen LogP contribution is 2.16. The Bertz CT molecular complexity index is 875. The first-order valence-electron chi connectivity index (χ1n) is 11.5. The molecule has 2 aromatic rings.